The third-order valence-corrected chi connectivity index (χ3v) is 5.82. The van der Waals surface area contributed by atoms with E-state index < -0.39 is 0 Å². The summed E-state index contributed by atoms with van der Waals surface area (Å²) in [6.45, 7) is 9.27. The summed E-state index contributed by atoms with van der Waals surface area (Å²) in [6, 6.07) is 10.7. The highest BCUT2D eigenvalue weighted by Gasteiger charge is 2.21. The normalized spacial score (nSPS) is 15.4. The summed E-state index contributed by atoms with van der Waals surface area (Å²) in [4.78, 5) is 18.7. The summed E-state index contributed by atoms with van der Waals surface area (Å²) in [6.07, 6.45) is 3.88. The van der Waals surface area contributed by atoms with Crippen molar-refractivity contribution >= 4 is 28.5 Å². The zero-order valence-electron chi connectivity index (χ0n) is 16.1. The first-order valence-electron chi connectivity index (χ1n) is 9.34. The molecule has 0 amide bonds. The molecule has 1 fully saturated rings. The Bertz CT molecular complexity index is 950. The molecule has 4 rings (SSSR count). The Hall–Kier alpha value is -2.18. The lowest BCUT2D eigenvalue weighted by atomic mass is 10.1. The van der Waals surface area contributed by atoms with E-state index in [1.807, 2.05) is 18.5 Å². The second-order valence-electron chi connectivity index (χ2n) is 7.04. The number of hydrogen-bond acceptors (Lipinski definition) is 6. The minimum absolute atomic E-state index is 0.861. The average Bonchev–Trinajstić information content (AvgIpc) is 2.70. The molecule has 1 aliphatic heterocycles. The van der Waals surface area contributed by atoms with Crippen LogP contribution in [-0.4, -0.2) is 52.3 Å². The van der Waals surface area contributed by atoms with Gasteiger partial charge in [-0.3, -0.25) is 9.88 Å². The van der Waals surface area contributed by atoms with Crippen molar-refractivity contribution in [1.82, 2.24) is 19.9 Å². The third-order valence-electron chi connectivity index (χ3n) is 5.27. The van der Waals surface area contributed by atoms with Crippen LogP contribution in [-0.2, 0) is 6.54 Å². The molecule has 3 heterocycles. The van der Waals surface area contributed by atoms with Crippen LogP contribution in [0.2, 0.25) is 0 Å². The molecule has 27 heavy (non-hydrogen) atoms. The van der Waals surface area contributed by atoms with Crippen molar-refractivity contribution < 1.29 is 0 Å². The number of thioether (sulfide) groups is 1. The molecule has 0 unspecified atom stereocenters. The van der Waals surface area contributed by atoms with Gasteiger partial charge in [0.05, 0.1) is 5.52 Å². The quantitative estimate of drug-likeness (QED) is 0.509. The first-order valence-corrected chi connectivity index (χ1v) is 10.6. The highest BCUT2D eigenvalue weighted by molar-refractivity contribution is 7.98. The molecule has 0 bridgehead atoms. The fraction of sp³-hybridized carbons (Fsp3) is 0.381. The Kier molecular flexibility index (Phi) is 5.27. The molecule has 0 radical (unpaired) electrons. The lowest BCUT2D eigenvalue weighted by Crippen LogP contribution is -2.46. The lowest BCUT2D eigenvalue weighted by molar-refractivity contribution is 0.249. The summed E-state index contributed by atoms with van der Waals surface area (Å²) in [7, 11) is 0. The maximum atomic E-state index is 4.77. The molecule has 0 aliphatic carbocycles. The molecule has 1 aliphatic rings. The van der Waals surface area contributed by atoms with Crippen molar-refractivity contribution in [2.45, 2.75) is 25.5 Å². The molecule has 5 nitrogen and oxygen atoms in total. The predicted octanol–water partition coefficient (Wildman–Crippen LogP) is 3.69. The number of piperazine rings is 1. The Morgan fingerprint density at radius 2 is 1.85 bits per heavy atom. The summed E-state index contributed by atoms with van der Waals surface area (Å²) < 4.78 is 0. The standard InChI is InChI=1S/C21H25N5S/c1-15-16(2)23-21(27-3)24-20(15)26-11-9-25(10-12-26)14-17-6-7-19-18(13-17)5-4-8-22-19/h4-8,13H,9-12,14H2,1-3H3. The number of benzene rings is 1. The summed E-state index contributed by atoms with van der Waals surface area (Å²) in [5.74, 6) is 1.10. The van der Waals surface area contributed by atoms with Crippen molar-refractivity contribution in [3.8, 4) is 0 Å². The smallest absolute Gasteiger partial charge is 0.189 e. The van der Waals surface area contributed by atoms with Crippen molar-refractivity contribution in [2.24, 2.45) is 0 Å². The van der Waals surface area contributed by atoms with Gasteiger partial charge in [-0.05, 0) is 43.9 Å². The van der Waals surface area contributed by atoms with Gasteiger partial charge in [-0.2, -0.15) is 0 Å². The molecule has 140 valence electrons. The first kappa shape index (κ1) is 18.2. The maximum absolute atomic E-state index is 4.77. The van der Waals surface area contributed by atoms with Crippen LogP contribution in [0.3, 0.4) is 0 Å². The summed E-state index contributed by atoms with van der Waals surface area (Å²) in [5.41, 5.74) is 4.69. The van der Waals surface area contributed by atoms with Crippen molar-refractivity contribution in [2.75, 3.05) is 37.3 Å². The van der Waals surface area contributed by atoms with Gasteiger partial charge in [-0.1, -0.05) is 23.9 Å². The van der Waals surface area contributed by atoms with Crippen LogP contribution in [0, 0.1) is 13.8 Å². The van der Waals surface area contributed by atoms with Gasteiger partial charge < -0.3 is 4.90 Å². The molecule has 1 aromatic carbocycles. The van der Waals surface area contributed by atoms with Crippen LogP contribution < -0.4 is 4.90 Å². The van der Waals surface area contributed by atoms with E-state index in [-0.39, 0.29) is 0 Å². The predicted molar refractivity (Wildman–Crippen MR) is 113 cm³/mol. The van der Waals surface area contributed by atoms with Crippen molar-refractivity contribution in [1.29, 1.82) is 0 Å². The van der Waals surface area contributed by atoms with Gasteiger partial charge in [0, 0.05) is 55.6 Å². The number of nitrogens with zero attached hydrogens (tertiary/aromatic N) is 5. The average molecular weight is 380 g/mol. The molecule has 6 heteroatoms. The Balaban J connectivity index is 1.43. The van der Waals surface area contributed by atoms with Gasteiger partial charge in [0.15, 0.2) is 5.16 Å². The van der Waals surface area contributed by atoms with Gasteiger partial charge in [-0.15, -0.1) is 0 Å². The Morgan fingerprint density at radius 1 is 1.04 bits per heavy atom. The number of pyridine rings is 1. The van der Waals surface area contributed by atoms with Gasteiger partial charge >= 0.3 is 0 Å². The fourth-order valence-electron chi connectivity index (χ4n) is 3.59. The Labute approximate surface area is 164 Å². The number of anilines is 1. The summed E-state index contributed by atoms with van der Waals surface area (Å²) in [5, 5.41) is 2.07. The monoisotopic (exact) mass is 379 g/mol. The first-order chi connectivity index (χ1) is 13.1. The highest BCUT2D eigenvalue weighted by atomic mass is 32.2. The molecule has 0 saturated carbocycles. The van der Waals surface area contributed by atoms with E-state index >= 15 is 0 Å². The van der Waals surface area contributed by atoms with Gasteiger partial charge in [0.1, 0.15) is 5.82 Å². The zero-order chi connectivity index (χ0) is 18.8. The van der Waals surface area contributed by atoms with Crippen molar-refractivity contribution in [3.05, 3.63) is 53.3 Å². The number of rotatable bonds is 4. The SMILES string of the molecule is CSc1nc(C)c(C)c(N2CCN(Cc3ccc4ncccc4c3)CC2)n1. The molecule has 1 saturated heterocycles. The van der Waals surface area contributed by atoms with Crippen LogP contribution in [0.25, 0.3) is 10.9 Å². The molecule has 0 spiro atoms. The van der Waals surface area contributed by atoms with E-state index in [1.54, 1.807) is 11.8 Å². The number of hydrogen-bond donors (Lipinski definition) is 0. The van der Waals surface area contributed by atoms with Crippen molar-refractivity contribution in [3.63, 3.8) is 0 Å². The second-order valence-corrected chi connectivity index (χ2v) is 7.81. The topological polar surface area (TPSA) is 45.2 Å². The zero-order valence-corrected chi connectivity index (χ0v) is 17.0. The third kappa shape index (κ3) is 3.92. The number of aromatic nitrogens is 3. The molecule has 3 aromatic rings. The van der Waals surface area contributed by atoms with E-state index in [9.17, 15) is 0 Å². The van der Waals surface area contributed by atoms with Crippen LogP contribution in [0.4, 0.5) is 5.82 Å². The van der Waals surface area contributed by atoms with Crippen LogP contribution in [0.15, 0.2) is 41.7 Å². The number of aryl methyl sites for hydroxylation is 1. The molecule has 0 N–H and O–H groups in total. The fourth-order valence-corrected chi connectivity index (χ4v) is 3.99. The highest BCUT2D eigenvalue weighted by Crippen LogP contribution is 2.24. The molecule has 2 aromatic heterocycles. The van der Waals surface area contributed by atoms with E-state index in [2.05, 4.69) is 57.9 Å². The minimum atomic E-state index is 0.861. The van der Waals surface area contributed by atoms with Gasteiger partial charge in [0.25, 0.3) is 0 Å². The Morgan fingerprint density at radius 3 is 2.63 bits per heavy atom. The molecule has 0 atom stereocenters. The van der Waals surface area contributed by atoms with Gasteiger partial charge in [0.2, 0.25) is 0 Å². The van der Waals surface area contributed by atoms with Crippen LogP contribution in [0.5, 0.6) is 0 Å². The number of fused-ring (bicyclic) bond motifs is 1. The molecular formula is C21H25N5S. The minimum Gasteiger partial charge on any atom is -0.354 e. The van der Waals surface area contributed by atoms with E-state index in [0.717, 1.165) is 54.9 Å². The second kappa shape index (κ2) is 7.82. The van der Waals surface area contributed by atoms with E-state index in [1.165, 1.54) is 16.5 Å². The summed E-state index contributed by atoms with van der Waals surface area (Å²) >= 11 is 1.61. The van der Waals surface area contributed by atoms with Crippen LogP contribution in [0.1, 0.15) is 16.8 Å². The molecular weight excluding hydrogens is 354 g/mol. The van der Waals surface area contributed by atoms with Crippen LogP contribution >= 0.6 is 11.8 Å². The van der Waals surface area contributed by atoms with E-state index in [0.29, 0.717) is 0 Å². The van der Waals surface area contributed by atoms with E-state index in [4.69, 9.17) is 4.98 Å². The maximum Gasteiger partial charge on any atom is 0.189 e. The largest absolute Gasteiger partial charge is 0.354 e. The van der Waals surface area contributed by atoms with Gasteiger partial charge in [-0.25, -0.2) is 9.97 Å². The lowest BCUT2D eigenvalue weighted by Gasteiger charge is -2.36.